The van der Waals surface area contributed by atoms with Gasteiger partial charge in [-0.2, -0.15) is 5.10 Å². The maximum absolute atomic E-state index is 12.3. The summed E-state index contributed by atoms with van der Waals surface area (Å²) in [6, 6.07) is 11.4. The van der Waals surface area contributed by atoms with E-state index in [2.05, 4.69) is 4.98 Å². The predicted octanol–water partition coefficient (Wildman–Crippen LogP) is 5.35. The van der Waals surface area contributed by atoms with Crippen molar-refractivity contribution in [1.29, 1.82) is 0 Å². The van der Waals surface area contributed by atoms with Gasteiger partial charge in [0.15, 0.2) is 0 Å². The molecule has 4 rings (SSSR count). The third kappa shape index (κ3) is 4.21. The molecule has 0 aliphatic rings. The molecule has 172 valence electrons. The van der Waals surface area contributed by atoms with Crippen molar-refractivity contribution in [3.63, 3.8) is 0 Å². The van der Waals surface area contributed by atoms with E-state index in [1.54, 1.807) is 7.11 Å². The van der Waals surface area contributed by atoms with Gasteiger partial charge in [0.25, 0.3) is 0 Å². The lowest BCUT2D eigenvalue weighted by molar-refractivity contribution is 0.0594. The van der Waals surface area contributed by atoms with Crippen LogP contribution in [-0.4, -0.2) is 35.0 Å². The Morgan fingerprint density at radius 3 is 2.45 bits per heavy atom. The van der Waals surface area contributed by atoms with Crippen LogP contribution in [-0.2, 0) is 29.7 Å². The number of hydrogen-bond acceptors (Lipinski definition) is 5. The largest absolute Gasteiger partial charge is 0.497 e. The second kappa shape index (κ2) is 9.29. The second-order valence-corrected chi connectivity index (χ2v) is 8.24. The number of ether oxygens (including phenoxy) is 3. The van der Waals surface area contributed by atoms with Gasteiger partial charge in [-0.1, -0.05) is 23.7 Å². The third-order valence-electron chi connectivity index (χ3n) is 5.88. The SMILES string of the molecule is COC(=O)c1[nH]c2ccc(Cl)c(-c3c(COCc4ccc(OC)cc4)nn(C)c3C)c2c1C. The zero-order valence-electron chi connectivity index (χ0n) is 19.3. The molecule has 2 aromatic heterocycles. The van der Waals surface area contributed by atoms with Crippen LogP contribution in [0.5, 0.6) is 5.75 Å². The van der Waals surface area contributed by atoms with E-state index in [4.69, 9.17) is 30.9 Å². The normalized spacial score (nSPS) is 11.2. The number of aromatic amines is 1. The standard InChI is InChI=1S/C25H26ClN3O4/c1-14-21-19(27-24(14)25(30)32-5)11-10-18(26)23(21)22-15(2)29(3)28-20(22)13-33-12-16-6-8-17(31-4)9-7-16/h6-11,27H,12-13H2,1-5H3. The first kappa shape index (κ1) is 22.9. The van der Waals surface area contributed by atoms with Crippen LogP contribution in [0.4, 0.5) is 0 Å². The number of halogens is 1. The number of rotatable bonds is 7. The molecule has 2 aromatic carbocycles. The van der Waals surface area contributed by atoms with Crippen LogP contribution in [0.2, 0.25) is 5.02 Å². The number of carbonyl (C=O) groups is 1. The number of esters is 1. The van der Waals surface area contributed by atoms with Crippen LogP contribution in [0.25, 0.3) is 22.0 Å². The van der Waals surface area contributed by atoms with Gasteiger partial charge in [-0.05, 0) is 49.2 Å². The number of nitrogens with one attached hydrogen (secondary N) is 1. The molecule has 0 atom stereocenters. The molecule has 0 aliphatic heterocycles. The van der Waals surface area contributed by atoms with E-state index in [0.29, 0.717) is 23.9 Å². The summed E-state index contributed by atoms with van der Waals surface area (Å²) in [5, 5.41) is 6.14. The Labute approximate surface area is 197 Å². The van der Waals surface area contributed by atoms with Gasteiger partial charge in [-0.25, -0.2) is 4.79 Å². The van der Waals surface area contributed by atoms with Gasteiger partial charge < -0.3 is 19.2 Å². The zero-order chi connectivity index (χ0) is 23.7. The Hall–Kier alpha value is -3.29. The van der Waals surface area contributed by atoms with Gasteiger partial charge in [0.1, 0.15) is 11.4 Å². The number of benzene rings is 2. The highest BCUT2D eigenvalue weighted by molar-refractivity contribution is 6.35. The first-order valence-electron chi connectivity index (χ1n) is 10.5. The average Bonchev–Trinajstić information content (AvgIpc) is 3.30. The topological polar surface area (TPSA) is 78.4 Å². The summed E-state index contributed by atoms with van der Waals surface area (Å²) >= 11 is 6.72. The predicted molar refractivity (Wildman–Crippen MR) is 128 cm³/mol. The summed E-state index contributed by atoms with van der Waals surface area (Å²) in [6.45, 7) is 4.62. The summed E-state index contributed by atoms with van der Waals surface area (Å²) < 4.78 is 18.0. The van der Waals surface area contributed by atoms with Crippen LogP contribution in [0.15, 0.2) is 36.4 Å². The lowest BCUT2D eigenvalue weighted by Gasteiger charge is -2.11. The average molecular weight is 468 g/mol. The van der Waals surface area contributed by atoms with Crippen molar-refractivity contribution >= 4 is 28.5 Å². The lowest BCUT2D eigenvalue weighted by Crippen LogP contribution is -2.03. The van der Waals surface area contributed by atoms with E-state index < -0.39 is 5.97 Å². The minimum Gasteiger partial charge on any atom is -0.497 e. The monoisotopic (exact) mass is 467 g/mol. The highest BCUT2D eigenvalue weighted by Crippen LogP contribution is 2.41. The van der Waals surface area contributed by atoms with E-state index in [-0.39, 0.29) is 0 Å². The highest BCUT2D eigenvalue weighted by Gasteiger charge is 2.24. The number of hydrogen-bond donors (Lipinski definition) is 1. The molecule has 8 heteroatoms. The van der Waals surface area contributed by atoms with E-state index in [0.717, 1.165) is 50.3 Å². The van der Waals surface area contributed by atoms with Gasteiger partial charge >= 0.3 is 5.97 Å². The maximum Gasteiger partial charge on any atom is 0.354 e. The van der Waals surface area contributed by atoms with Gasteiger partial charge in [0.2, 0.25) is 0 Å². The van der Waals surface area contributed by atoms with Crippen LogP contribution < -0.4 is 4.74 Å². The van der Waals surface area contributed by atoms with Crippen molar-refractivity contribution in [2.75, 3.05) is 14.2 Å². The Kier molecular flexibility index (Phi) is 6.44. The van der Waals surface area contributed by atoms with Crippen molar-refractivity contribution in [1.82, 2.24) is 14.8 Å². The number of fused-ring (bicyclic) bond motifs is 1. The maximum atomic E-state index is 12.3. The van der Waals surface area contributed by atoms with E-state index in [1.807, 2.05) is 62.0 Å². The Balaban J connectivity index is 1.73. The molecule has 0 saturated carbocycles. The summed E-state index contributed by atoms with van der Waals surface area (Å²) in [7, 11) is 4.90. The molecule has 0 saturated heterocycles. The number of nitrogens with zero attached hydrogens (tertiary/aromatic N) is 2. The van der Waals surface area contributed by atoms with Gasteiger partial charge in [-0.15, -0.1) is 0 Å². The van der Waals surface area contributed by atoms with Crippen molar-refractivity contribution < 1.29 is 19.0 Å². The molecular formula is C25H26ClN3O4. The van der Waals surface area contributed by atoms with E-state index >= 15 is 0 Å². The number of carbonyl (C=O) groups excluding carboxylic acids is 1. The molecule has 2 heterocycles. The molecule has 0 unspecified atom stereocenters. The fourth-order valence-electron chi connectivity index (χ4n) is 4.07. The lowest BCUT2D eigenvalue weighted by atomic mass is 9.97. The number of H-pyrrole nitrogens is 1. The van der Waals surface area contributed by atoms with Crippen molar-refractivity contribution in [3.05, 3.63) is 69.6 Å². The molecule has 0 radical (unpaired) electrons. The number of methoxy groups -OCH3 is 2. The quantitative estimate of drug-likeness (QED) is 0.370. The van der Waals surface area contributed by atoms with E-state index in [9.17, 15) is 4.79 Å². The Morgan fingerprint density at radius 2 is 1.79 bits per heavy atom. The van der Waals surface area contributed by atoms with Crippen LogP contribution in [0.1, 0.15) is 33.0 Å². The smallest absolute Gasteiger partial charge is 0.354 e. The van der Waals surface area contributed by atoms with Crippen LogP contribution in [0, 0.1) is 13.8 Å². The molecule has 33 heavy (non-hydrogen) atoms. The molecule has 0 spiro atoms. The Morgan fingerprint density at radius 1 is 1.06 bits per heavy atom. The van der Waals surface area contributed by atoms with Crippen molar-refractivity contribution in [3.8, 4) is 16.9 Å². The fraction of sp³-hybridized carbons (Fsp3) is 0.280. The van der Waals surface area contributed by atoms with Crippen molar-refractivity contribution in [2.24, 2.45) is 7.05 Å². The Bertz CT molecular complexity index is 1320. The van der Waals surface area contributed by atoms with E-state index in [1.165, 1.54) is 7.11 Å². The summed E-state index contributed by atoms with van der Waals surface area (Å²) in [5.74, 6) is 0.383. The molecular weight excluding hydrogens is 442 g/mol. The second-order valence-electron chi connectivity index (χ2n) is 7.83. The highest BCUT2D eigenvalue weighted by atomic mass is 35.5. The van der Waals surface area contributed by atoms with Gasteiger partial charge in [-0.3, -0.25) is 4.68 Å². The minimum atomic E-state index is -0.420. The zero-order valence-corrected chi connectivity index (χ0v) is 20.0. The molecule has 7 nitrogen and oxygen atoms in total. The first-order chi connectivity index (χ1) is 15.8. The summed E-state index contributed by atoms with van der Waals surface area (Å²) in [4.78, 5) is 15.4. The fourth-order valence-corrected chi connectivity index (χ4v) is 4.32. The first-order valence-corrected chi connectivity index (χ1v) is 10.9. The number of aryl methyl sites for hydroxylation is 2. The van der Waals surface area contributed by atoms with Crippen LogP contribution in [0.3, 0.4) is 0 Å². The summed E-state index contributed by atoms with van der Waals surface area (Å²) in [5.41, 5.74) is 6.49. The molecule has 0 aliphatic carbocycles. The minimum absolute atomic E-state index is 0.309. The number of aromatic nitrogens is 3. The molecule has 0 bridgehead atoms. The third-order valence-corrected chi connectivity index (χ3v) is 6.19. The molecule has 1 N–H and O–H groups in total. The summed E-state index contributed by atoms with van der Waals surface area (Å²) in [6.07, 6.45) is 0. The molecule has 0 amide bonds. The van der Waals surface area contributed by atoms with Crippen molar-refractivity contribution in [2.45, 2.75) is 27.1 Å². The van der Waals surface area contributed by atoms with Crippen LogP contribution >= 0.6 is 11.6 Å². The van der Waals surface area contributed by atoms with Gasteiger partial charge in [0, 0.05) is 39.8 Å². The molecule has 0 fully saturated rings. The molecule has 4 aromatic rings. The van der Waals surface area contributed by atoms with Gasteiger partial charge in [0.05, 0.1) is 33.1 Å².